The fourth-order valence-electron chi connectivity index (χ4n) is 9.14. The first-order valence-corrected chi connectivity index (χ1v) is 19.5. The third-order valence-corrected chi connectivity index (χ3v) is 12.5. The fraction of sp³-hybridized carbons (Fsp3) is 0.0889. The molecule has 0 spiro atoms. The molecule has 3 aromatic heterocycles. The molecule has 0 aliphatic heterocycles. The molecule has 2 aliphatic carbocycles. The fourth-order valence-corrected chi connectivity index (χ4v) is 9.14. The number of para-hydroxylation sites is 2. The van der Waals surface area contributed by atoms with E-state index in [9.17, 15) is 0 Å². The Labute approximate surface area is 325 Å². The number of hydrogen-bond donors (Lipinski definition) is 0. The van der Waals surface area contributed by atoms with Crippen LogP contribution in [0.25, 0.3) is 77.8 Å². The zero-order valence-electron chi connectivity index (χ0n) is 32.0. The number of allylic oxidation sites excluding steroid dienone is 8. The molecule has 10 rings (SSSR count). The van der Waals surface area contributed by atoms with Crippen LogP contribution in [0.15, 0.2) is 150 Å². The van der Waals surface area contributed by atoms with Crippen molar-refractivity contribution >= 4 is 94.0 Å². The summed E-state index contributed by atoms with van der Waals surface area (Å²) in [6.45, 7) is 0. The highest BCUT2D eigenvalue weighted by atomic mass is 15.2. The van der Waals surface area contributed by atoms with Crippen LogP contribution >= 0.6 is 0 Å². The van der Waals surface area contributed by atoms with Crippen LogP contribution in [0.3, 0.4) is 0 Å². The summed E-state index contributed by atoms with van der Waals surface area (Å²) in [5.41, 5.74) is 14.8. The quantitative estimate of drug-likeness (QED) is 0.203. The van der Waals surface area contributed by atoms with Gasteiger partial charge in [0.2, 0.25) is 5.95 Å². The van der Waals surface area contributed by atoms with Gasteiger partial charge in [-0.25, -0.2) is 4.98 Å². The highest BCUT2D eigenvalue weighted by Gasteiger charge is 2.27. The van der Waals surface area contributed by atoms with E-state index in [1.54, 1.807) is 0 Å². The van der Waals surface area contributed by atoms with Crippen LogP contribution in [0.4, 0.5) is 0 Å². The predicted octanol–water partition coefficient (Wildman–Crippen LogP) is 6.15. The smallest absolute Gasteiger partial charge is 0.238 e. The second kappa shape index (κ2) is 13.1. The molecule has 0 amide bonds. The Hall–Kier alpha value is -6.01. The Morgan fingerprint density at radius 3 is 1.98 bits per heavy atom. The van der Waals surface area contributed by atoms with Crippen molar-refractivity contribution in [3.05, 3.63) is 161 Å². The van der Waals surface area contributed by atoms with Gasteiger partial charge in [0.05, 0.1) is 22.1 Å². The van der Waals surface area contributed by atoms with E-state index in [1.807, 2.05) is 18.2 Å². The normalized spacial score (nSPS) is 17.6. The van der Waals surface area contributed by atoms with Crippen LogP contribution in [0, 0.1) is 0 Å². The van der Waals surface area contributed by atoms with Crippen LogP contribution in [0.5, 0.6) is 0 Å². The molecular formula is C45H38B5N5. The molecule has 2 unspecified atom stereocenters. The van der Waals surface area contributed by atoms with E-state index in [2.05, 4.69) is 164 Å². The maximum Gasteiger partial charge on any atom is 0.238 e. The van der Waals surface area contributed by atoms with Gasteiger partial charge in [0.1, 0.15) is 39.2 Å². The van der Waals surface area contributed by atoms with Gasteiger partial charge in [-0.15, -0.1) is 10.9 Å². The van der Waals surface area contributed by atoms with Gasteiger partial charge in [-0.3, -0.25) is 4.57 Å². The summed E-state index contributed by atoms with van der Waals surface area (Å²) in [4.78, 5) is 15.5. The first kappa shape index (κ1) is 33.6. The summed E-state index contributed by atoms with van der Waals surface area (Å²) in [5, 5.41) is 4.79. The van der Waals surface area contributed by atoms with Crippen LogP contribution in [0.2, 0.25) is 11.6 Å². The minimum atomic E-state index is 0.516. The molecule has 10 heteroatoms. The largest absolute Gasteiger partial charge is 0.309 e. The van der Waals surface area contributed by atoms with Gasteiger partial charge in [0, 0.05) is 32.8 Å². The van der Waals surface area contributed by atoms with E-state index in [-0.39, 0.29) is 0 Å². The van der Waals surface area contributed by atoms with Crippen molar-refractivity contribution in [3.8, 4) is 23.0 Å². The van der Waals surface area contributed by atoms with E-state index >= 15 is 0 Å². The maximum absolute atomic E-state index is 5.23. The molecule has 3 heterocycles. The molecule has 2 aliphatic rings. The molecule has 8 aromatic rings. The molecule has 0 saturated heterocycles. The van der Waals surface area contributed by atoms with Crippen LogP contribution < -0.4 is 0 Å². The van der Waals surface area contributed by atoms with Crippen LogP contribution in [0.1, 0.15) is 24.2 Å². The lowest BCUT2D eigenvalue weighted by atomic mass is 9.47. The summed E-state index contributed by atoms with van der Waals surface area (Å²) >= 11 is 0. The first-order chi connectivity index (χ1) is 26.9. The molecule has 2 atom stereocenters. The van der Waals surface area contributed by atoms with Crippen molar-refractivity contribution in [2.24, 2.45) is 0 Å². The van der Waals surface area contributed by atoms with Crippen molar-refractivity contribution in [3.63, 3.8) is 0 Å². The van der Waals surface area contributed by atoms with E-state index in [1.165, 1.54) is 54.7 Å². The average molecular weight is 703 g/mol. The lowest BCUT2D eigenvalue weighted by Crippen LogP contribution is -2.19. The minimum absolute atomic E-state index is 0.516. The minimum Gasteiger partial charge on any atom is -0.309 e. The Bertz CT molecular complexity index is 2990. The zero-order valence-corrected chi connectivity index (χ0v) is 32.0. The number of aromatic nitrogens is 5. The Morgan fingerprint density at radius 1 is 0.564 bits per heavy atom. The summed E-state index contributed by atoms with van der Waals surface area (Å²) in [6, 6.07) is 41.5. The molecule has 258 valence electrons. The average Bonchev–Trinajstić information content (AvgIpc) is 3.76. The number of hydrogen-bond acceptors (Lipinski definition) is 3. The summed E-state index contributed by atoms with van der Waals surface area (Å²) in [6.07, 6.45) is 8.31. The number of fused-ring (bicyclic) bond motifs is 7. The van der Waals surface area contributed by atoms with Gasteiger partial charge in [0.25, 0.3) is 0 Å². The molecule has 0 saturated carbocycles. The molecular weight excluding hydrogens is 665 g/mol. The SMILES string of the molecule is BC1=C(B)C(B)C(B)C(B)=C1c1ccc(-n2c3ccccc3c3ccc4c(c5ccccc5n4-c4nc(C5=CC=CCC5)nc(-c5ccccc5)n4)c32)cc1. The number of rotatable bonds is 5. The summed E-state index contributed by atoms with van der Waals surface area (Å²) < 4.78 is 4.70. The van der Waals surface area contributed by atoms with E-state index in [0.717, 1.165) is 51.9 Å². The van der Waals surface area contributed by atoms with E-state index in [4.69, 9.17) is 15.0 Å². The number of benzene rings is 5. The highest BCUT2D eigenvalue weighted by molar-refractivity contribution is 6.47. The van der Waals surface area contributed by atoms with E-state index in [0.29, 0.717) is 23.4 Å². The van der Waals surface area contributed by atoms with Gasteiger partial charge in [-0.05, 0) is 59.9 Å². The van der Waals surface area contributed by atoms with Crippen LogP contribution in [-0.4, -0.2) is 63.3 Å². The first-order valence-electron chi connectivity index (χ1n) is 19.5. The summed E-state index contributed by atoms with van der Waals surface area (Å²) in [5.74, 6) is 3.09. The summed E-state index contributed by atoms with van der Waals surface area (Å²) in [7, 11) is 11.7. The highest BCUT2D eigenvalue weighted by Crippen LogP contribution is 2.45. The third kappa shape index (κ3) is 5.26. The van der Waals surface area contributed by atoms with Gasteiger partial charge in [0.15, 0.2) is 11.6 Å². The van der Waals surface area contributed by atoms with Gasteiger partial charge < -0.3 is 4.57 Å². The van der Waals surface area contributed by atoms with Crippen molar-refractivity contribution in [2.75, 3.05) is 0 Å². The molecule has 5 nitrogen and oxygen atoms in total. The molecule has 55 heavy (non-hydrogen) atoms. The van der Waals surface area contributed by atoms with Crippen molar-refractivity contribution in [1.82, 2.24) is 24.1 Å². The second-order valence-electron chi connectivity index (χ2n) is 15.4. The Balaban J connectivity index is 1.24. The molecule has 0 radical (unpaired) electrons. The van der Waals surface area contributed by atoms with Gasteiger partial charge >= 0.3 is 0 Å². The van der Waals surface area contributed by atoms with Gasteiger partial charge in [-0.2, -0.15) is 9.97 Å². The zero-order chi connectivity index (χ0) is 37.4. The van der Waals surface area contributed by atoms with Crippen molar-refractivity contribution in [1.29, 1.82) is 0 Å². The monoisotopic (exact) mass is 703 g/mol. The van der Waals surface area contributed by atoms with Crippen LogP contribution in [-0.2, 0) is 0 Å². The maximum atomic E-state index is 5.23. The predicted molar refractivity (Wildman–Crippen MR) is 244 cm³/mol. The molecule has 0 fully saturated rings. The standard InChI is InChI=1S/C45H38B5N5/c46-37-35(38(47)40(49)41(50)39(37)48)25-19-21-28(22-20-25)54-32-17-9-7-15-29(32)30-23-24-34-36(42(30)54)31-16-8-10-18-33(31)55(34)45-52-43(26-11-3-1-4-12-26)51-44(53-45)27-13-5-2-6-14-27/h1-5,7-13,15-24,39,41H,6,14,46-50H2. The Kier molecular flexibility index (Phi) is 7.98. The van der Waals surface area contributed by atoms with E-state index < -0.39 is 0 Å². The number of nitrogens with zero attached hydrogens (tertiary/aromatic N) is 5. The lowest BCUT2D eigenvalue weighted by Gasteiger charge is -2.33. The molecule has 0 bridgehead atoms. The van der Waals surface area contributed by atoms with Gasteiger partial charge in [-0.1, -0.05) is 120 Å². The third-order valence-electron chi connectivity index (χ3n) is 12.5. The van der Waals surface area contributed by atoms with Crippen molar-refractivity contribution in [2.45, 2.75) is 24.5 Å². The molecule has 5 aromatic carbocycles. The topological polar surface area (TPSA) is 48.5 Å². The second-order valence-corrected chi connectivity index (χ2v) is 15.4. The molecule has 0 N–H and O–H groups in total. The van der Waals surface area contributed by atoms with Crippen molar-refractivity contribution < 1.29 is 0 Å². The Morgan fingerprint density at radius 2 is 1.24 bits per heavy atom. The lowest BCUT2D eigenvalue weighted by molar-refractivity contribution is 0.913.